The zero-order valence-electron chi connectivity index (χ0n) is 4.69. The summed E-state index contributed by atoms with van der Waals surface area (Å²) in [5.74, 6) is 0. The predicted molar refractivity (Wildman–Crippen MR) is 33.2 cm³/mol. The van der Waals surface area contributed by atoms with Crippen LogP contribution >= 0.6 is 0 Å². The average molecular weight is 293 g/mol. The zero-order valence-corrected chi connectivity index (χ0v) is 7.62. The van der Waals surface area contributed by atoms with Gasteiger partial charge in [-0.1, -0.05) is 0 Å². The Morgan fingerprint density at radius 3 is 2.44 bits per heavy atom. The van der Waals surface area contributed by atoms with Crippen molar-refractivity contribution in [2.45, 2.75) is 0 Å². The van der Waals surface area contributed by atoms with E-state index in [0.29, 0.717) is 0 Å². The van der Waals surface area contributed by atoms with Gasteiger partial charge in [0.1, 0.15) is 0 Å². The summed E-state index contributed by atoms with van der Waals surface area (Å²) in [6, 6.07) is 0. The van der Waals surface area contributed by atoms with Gasteiger partial charge in [-0.15, -0.1) is 0 Å². The first-order valence-corrected chi connectivity index (χ1v) is 3.98. The molecule has 0 fully saturated rings. The monoisotopic (exact) mass is 293 g/mol. The summed E-state index contributed by atoms with van der Waals surface area (Å²) in [6.07, 6.45) is 3.13. The minimum atomic E-state index is -1.53. The van der Waals surface area contributed by atoms with Crippen molar-refractivity contribution in [2.75, 3.05) is 0 Å². The topological polar surface area (TPSA) is 40.5 Å². The van der Waals surface area contributed by atoms with Crippen molar-refractivity contribution in [1.29, 1.82) is 0 Å². The first-order chi connectivity index (χ1) is 4.18. The van der Waals surface area contributed by atoms with Crippen LogP contribution in [0.5, 0.6) is 0 Å². The molecule has 0 bridgehead atoms. The molecule has 9 heavy (non-hydrogen) atoms. The van der Waals surface area contributed by atoms with Gasteiger partial charge < -0.3 is 0 Å². The van der Waals surface area contributed by atoms with Crippen LogP contribution in [-0.4, -0.2) is 21.6 Å². The third-order valence-corrected chi connectivity index (χ3v) is 1.23. The van der Waals surface area contributed by atoms with E-state index in [9.17, 15) is 0 Å². The van der Waals surface area contributed by atoms with Crippen LogP contribution in [0, 0.1) is 6.58 Å². The fourth-order valence-electron chi connectivity index (χ4n) is 0.236. The first-order valence-electron chi connectivity index (χ1n) is 2.28. The SMILES string of the molecule is [CH-]=C(/C=C\[CH]=[W])B(O)O. The Kier molecular flexibility index (Phi) is 4.87. The van der Waals surface area contributed by atoms with Gasteiger partial charge in [0, 0.05) is 0 Å². The van der Waals surface area contributed by atoms with E-state index in [1.807, 2.05) is 4.40 Å². The van der Waals surface area contributed by atoms with Crippen molar-refractivity contribution in [3.63, 3.8) is 0 Å². The van der Waals surface area contributed by atoms with E-state index < -0.39 is 7.12 Å². The quantitative estimate of drug-likeness (QED) is 0.409. The third-order valence-electron chi connectivity index (χ3n) is 0.665. The summed E-state index contributed by atoms with van der Waals surface area (Å²) in [7, 11) is -1.53. The first kappa shape index (κ1) is 9.02. The molecule has 0 aliphatic heterocycles. The zero-order chi connectivity index (χ0) is 7.28. The summed E-state index contributed by atoms with van der Waals surface area (Å²) < 4.78 is 1.83. The van der Waals surface area contributed by atoms with Gasteiger partial charge in [-0.2, -0.15) is 0 Å². The van der Waals surface area contributed by atoms with E-state index in [2.05, 4.69) is 0 Å². The molecule has 0 aliphatic carbocycles. The third kappa shape index (κ3) is 4.52. The van der Waals surface area contributed by atoms with Crippen molar-refractivity contribution in [3.05, 3.63) is 24.2 Å². The van der Waals surface area contributed by atoms with Gasteiger partial charge in [-0.05, 0) is 0 Å². The Hall–Kier alpha value is 0.0232. The summed E-state index contributed by atoms with van der Waals surface area (Å²) in [5.41, 5.74) is 0.0625. The molecule has 0 atom stereocenters. The van der Waals surface area contributed by atoms with Crippen LogP contribution in [0.4, 0.5) is 0 Å². The second-order valence-electron chi connectivity index (χ2n) is 1.37. The summed E-state index contributed by atoms with van der Waals surface area (Å²) in [5, 5.41) is 16.8. The standard InChI is InChI=1S/C5H6BO2.W/c1-3-4-5(2)6(7)8;/h1-4,7-8H;/q-1;/b4-3-;. The second kappa shape index (κ2) is 4.86. The maximum absolute atomic E-state index is 8.38. The van der Waals surface area contributed by atoms with Gasteiger partial charge in [-0.25, -0.2) is 0 Å². The molecule has 2 nitrogen and oxygen atoms in total. The van der Waals surface area contributed by atoms with Crippen LogP contribution in [0.15, 0.2) is 17.6 Å². The molecule has 0 spiro atoms. The molecule has 0 rings (SSSR count). The van der Waals surface area contributed by atoms with Gasteiger partial charge >= 0.3 is 65.1 Å². The molecular weight excluding hydrogens is 287 g/mol. The molecule has 0 aromatic heterocycles. The molecule has 48 valence electrons. The van der Waals surface area contributed by atoms with Crippen LogP contribution < -0.4 is 0 Å². The number of hydrogen-bond donors (Lipinski definition) is 2. The van der Waals surface area contributed by atoms with Crippen molar-refractivity contribution in [1.82, 2.24) is 0 Å². The van der Waals surface area contributed by atoms with E-state index in [0.717, 1.165) is 0 Å². The van der Waals surface area contributed by atoms with Crippen LogP contribution in [0.1, 0.15) is 0 Å². The van der Waals surface area contributed by atoms with Crippen molar-refractivity contribution in [2.24, 2.45) is 0 Å². The van der Waals surface area contributed by atoms with Gasteiger partial charge in [0.05, 0.1) is 0 Å². The molecule has 0 aliphatic rings. The van der Waals surface area contributed by atoms with Crippen molar-refractivity contribution >= 4 is 11.5 Å². The normalized spacial score (nSPS) is 9.56. The molecule has 0 saturated carbocycles. The Bertz CT molecular complexity index is 142. The van der Waals surface area contributed by atoms with Crippen LogP contribution in [0.25, 0.3) is 0 Å². The minimum absolute atomic E-state index is 0.0625. The van der Waals surface area contributed by atoms with Crippen LogP contribution in [0.2, 0.25) is 0 Å². The average Bonchev–Trinajstić information content (AvgIpc) is 1.82. The molecule has 0 aromatic rings. The molecule has 0 aromatic carbocycles. The molecule has 4 heteroatoms. The molecule has 0 amide bonds. The summed E-state index contributed by atoms with van der Waals surface area (Å²) in [6.45, 7) is 5.12. The van der Waals surface area contributed by atoms with E-state index in [4.69, 9.17) is 16.6 Å². The Morgan fingerprint density at radius 2 is 2.11 bits per heavy atom. The fraction of sp³-hybridized carbons (Fsp3) is 0. The summed E-state index contributed by atoms with van der Waals surface area (Å²) in [4.78, 5) is 0. The maximum atomic E-state index is 8.38. The molecule has 0 radical (unpaired) electrons. The Balaban J connectivity index is 3.76. The van der Waals surface area contributed by atoms with Gasteiger partial charge in [0.15, 0.2) is 0 Å². The number of hydrogen-bond acceptors (Lipinski definition) is 2. The fourth-order valence-corrected chi connectivity index (χ4v) is 0.519. The molecule has 0 unspecified atom stereocenters. The van der Waals surface area contributed by atoms with Gasteiger partial charge in [-0.3, -0.25) is 0 Å². The number of allylic oxidation sites excluding steroid dienone is 3. The van der Waals surface area contributed by atoms with Crippen LogP contribution in [-0.2, 0) is 19.4 Å². The van der Waals surface area contributed by atoms with E-state index in [-0.39, 0.29) is 5.47 Å². The van der Waals surface area contributed by atoms with E-state index in [1.54, 1.807) is 6.08 Å². The number of rotatable bonds is 3. The van der Waals surface area contributed by atoms with E-state index >= 15 is 0 Å². The molecule has 0 heterocycles. The molecule has 0 saturated heterocycles. The van der Waals surface area contributed by atoms with Gasteiger partial charge in [0.25, 0.3) is 0 Å². The van der Waals surface area contributed by atoms with Crippen molar-refractivity contribution < 1.29 is 29.4 Å². The van der Waals surface area contributed by atoms with Gasteiger partial charge in [0.2, 0.25) is 0 Å². The molecule has 2 N–H and O–H groups in total. The van der Waals surface area contributed by atoms with E-state index in [1.165, 1.54) is 25.4 Å². The Labute approximate surface area is 65.5 Å². The van der Waals surface area contributed by atoms with Crippen LogP contribution in [0.3, 0.4) is 0 Å². The Morgan fingerprint density at radius 1 is 1.56 bits per heavy atom. The van der Waals surface area contributed by atoms with Crippen molar-refractivity contribution in [3.8, 4) is 0 Å². The second-order valence-corrected chi connectivity index (χ2v) is 2.35. The summed E-state index contributed by atoms with van der Waals surface area (Å²) >= 11 is 1.29. The predicted octanol–water partition coefficient (Wildman–Crippen LogP) is -0.737. The molecular formula is C5H6BO2W-.